The molecule has 0 bridgehead atoms. The number of ketones is 1. The van der Waals surface area contributed by atoms with E-state index in [0.717, 1.165) is 12.1 Å². The molecular weight excluding hydrogens is 377 g/mol. The lowest BCUT2D eigenvalue weighted by Gasteiger charge is -2.19. The molecule has 6 heteroatoms. The van der Waals surface area contributed by atoms with Gasteiger partial charge in [-0.25, -0.2) is 0 Å². The average Bonchev–Trinajstić information content (AvgIpc) is 2.26. The van der Waals surface area contributed by atoms with Crippen LogP contribution >= 0.6 is 31.9 Å². The molecule has 0 radical (unpaired) electrons. The Morgan fingerprint density at radius 3 is 2.33 bits per heavy atom. The SMILES string of the molecule is CC(=O)C(Br)C(C)c1cc(C(F)(F)F)ccc1Br. The van der Waals surface area contributed by atoms with Crippen molar-refractivity contribution in [2.45, 2.75) is 30.8 Å². The van der Waals surface area contributed by atoms with E-state index in [4.69, 9.17) is 0 Å². The number of halogens is 5. The molecule has 0 spiro atoms. The van der Waals surface area contributed by atoms with Crippen LogP contribution in [0.3, 0.4) is 0 Å². The second kappa shape index (κ2) is 5.74. The van der Waals surface area contributed by atoms with Crippen molar-refractivity contribution in [3.63, 3.8) is 0 Å². The van der Waals surface area contributed by atoms with Crippen molar-refractivity contribution in [1.82, 2.24) is 0 Å². The van der Waals surface area contributed by atoms with Gasteiger partial charge in [-0.1, -0.05) is 38.8 Å². The fourth-order valence-electron chi connectivity index (χ4n) is 1.58. The summed E-state index contributed by atoms with van der Waals surface area (Å²) in [5, 5.41) is 0. The van der Waals surface area contributed by atoms with Gasteiger partial charge >= 0.3 is 6.18 Å². The topological polar surface area (TPSA) is 17.1 Å². The number of carbonyl (C=O) groups excluding carboxylic acids is 1. The first-order chi connectivity index (χ1) is 8.14. The van der Waals surface area contributed by atoms with Gasteiger partial charge in [-0.2, -0.15) is 13.2 Å². The molecule has 0 fully saturated rings. The number of hydrogen-bond donors (Lipinski definition) is 0. The van der Waals surface area contributed by atoms with Crippen LogP contribution in [0.15, 0.2) is 22.7 Å². The molecule has 0 saturated carbocycles. The summed E-state index contributed by atoms with van der Waals surface area (Å²) >= 11 is 6.42. The van der Waals surface area contributed by atoms with Crippen molar-refractivity contribution < 1.29 is 18.0 Å². The quantitative estimate of drug-likeness (QED) is 0.672. The number of carbonyl (C=O) groups is 1. The summed E-state index contributed by atoms with van der Waals surface area (Å²) in [6.45, 7) is 3.11. The van der Waals surface area contributed by atoms with Crippen LogP contribution in [0.25, 0.3) is 0 Å². The third kappa shape index (κ3) is 3.57. The maximum Gasteiger partial charge on any atom is 0.416 e. The standard InChI is InChI=1S/C12H11Br2F3O/c1-6(11(14)7(2)18)9-5-8(12(15,16)17)3-4-10(9)13/h3-6,11H,1-2H3. The van der Waals surface area contributed by atoms with Crippen LogP contribution < -0.4 is 0 Å². The van der Waals surface area contributed by atoms with Crippen LogP contribution in [0.2, 0.25) is 0 Å². The van der Waals surface area contributed by atoms with Gasteiger partial charge in [0.05, 0.1) is 10.4 Å². The van der Waals surface area contributed by atoms with Gasteiger partial charge in [0, 0.05) is 10.4 Å². The zero-order chi connectivity index (χ0) is 14.1. The zero-order valence-corrected chi connectivity index (χ0v) is 12.9. The summed E-state index contributed by atoms with van der Waals surface area (Å²) in [4.78, 5) is 10.8. The summed E-state index contributed by atoms with van der Waals surface area (Å²) < 4.78 is 38.4. The largest absolute Gasteiger partial charge is 0.416 e. The number of hydrogen-bond acceptors (Lipinski definition) is 1. The van der Waals surface area contributed by atoms with Gasteiger partial charge in [0.1, 0.15) is 5.78 Å². The van der Waals surface area contributed by atoms with Gasteiger partial charge in [-0.3, -0.25) is 4.79 Å². The molecule has 0 aliphatic rings. The third-order valence-corrected chi connectivity index (χ3v) is 4.80. The van der Waals surface area contributed by atoms with Crippen molar-refractivity contribution in [3.05, 3.63) is 33.8 Å². The van der Waals surface area contributed by atoms with E-state index in [1.165, 1.54) is 13.0 Å². The summed E-state index contributed by atoms with van der Waals surface area (Å²) in [6, 6.07) is 3.44. The molecule has 1 nitrogen and oxygen atoms in total. The third-order valence-electron chi connectivity index (χ3n) is 2.64. The molecule has 1 aromatic carbocycles. The monoisotopic (exact) mass is 386 g/mol. The normalized spacial score (nSPS) is 15.3. The molecule has 0 heterocycles. The highest BCUT2D eigenvalue weighted by atomic mass is 79.9. The first kappa shape index (κ1) is 15.7. The number of benzene rings is 1. The lowest BCUT2D eigenvalue weighted by Crippen LogP contribution is -2.18. The van der Waals surface area contributed by atoms with Crippen molar-refractivity contribution in [3.8, 4) is 0 Å². The minimum atomic E-state index is -4.38. The Bertz CT molecular complexity index is 457. The van der Waals surface area contributed by atoms with Gasteiger partial charge in [0.15, 0.2) is 0 Å². The predicted molar refractivity (Wildman–Crippen MR) is 71.0 cm³/mol. The molecule has 2 unspecified atom stereocenters. The van der Waals surface area contributed by atoms with Gasteiger partial charge < -0.3 is 0 Å². The molecule has 2 atom stereocenters. The Hall–Kier alpha value is -0.360. The minimum absolute atomic E-state index is 0.119. The molecular formula is C12H11Br2F3O. The van der Waals surface area contributed by atoms with Crippen LogP contribution in [0, 0.1) is 0 Å². The Morgan fingerprint density at radius 2 is 1.89 bits per heavy atom. The van der Waals surface area contributed by atoms with E-state index in [9.17, 15) is 18.0 Å². The predicted octanol–water partition coefficient (Wildman–Crippen LogP) is 4.92. The Labute approximate surface area is 120 Å². The first-order valence-electron chi connectivity index (χ1n) is 5.15. The fraction of sp³-hybridized carbons (Fsp3) is 0.417. The molecule has 0 aliphatic heterocycles. The average molecular weight is 388 g/mol. The second-order valence-electron chi connectivity index (χ2n) is 4.04. The highest BCUT2D eigenvalue weighted by molar-refractivity contribution is 9.10. The fourth-order valence-corrected chi connectivity index (χ4v) is 2.47. The van der Waals surface area contributed by atoms with E-state index >= 15 is 0 Å². The van der Waals surface area contributed by atoms with Gasteiger partial charge in [0.25, 0.3) is 0 Å². The highest BCUT2D eigenvalue weighted by Gasteiger charge is 2.32. The van der Waals surface area contributed by atoms with Crippen LogP contribution in [-0.2, 0) is 11.0 Å². The summed E-state index contributed by atoms with van der Waals surface area (Å²) in [5.74, 6) is -0.467. The number of rotatable bonds is 3. The van der Waals surface area contributed by atoms with Crippen LogP contribution in [0.1, 0.15) is 30.9 Å². The zero-order valence-electron chi connectivity index (χ0n) is 9.68. The Kier molecular flexibility index (Phi) is 5.00. The number of alkyl halides is 4. The Balaban J connectivity index is 3.20. The van der Waals surface area contributed by atoms with Gasteiger partial charge in [-0.05, 0) is 30.7 Å². The summed E-state index contributed by atoms with van der Waals surface area (Å²) in [7, 11) is 0. The summed E-state index contributed by atoms with van der Waals surface area (Å²) in [5.41, 5.74) is -0.252. The molecule has 0 aromatic heterocycles. The van der Waals surface area contributed by atoms with Gasteiger partial charge in [0.2, 0.25) is 0 Å². The molecule has 18 heavy (non-hydrogen) atoms. The smallest absolute Gasteiger partial charge is 0.299 e. The van der Waals surface area contributed by atoms with Crippen LogP contribution in [0.4, 0.5) is 13.2 Å². The molecule has 1 aromatic rings. The molecule has 0 saturated heterocycles. The van der Waals surface area contributed by atoms with Crippen molar-refractivity contribution in [1.29, 1.82) is 0 Å². The molecule has 0 amide bonds. The van der Waals surface area contributed by atoms with Gasteiger partial charge in [-0.15, -0.1) is 0 Å². The van der Waals surface area contributed by atoms with E-state index in [2.05, 4.69) is 31.9 Å². The second-order valence-corrected chi connectivity index (χ2v) is 5.88. The Morgan fingerprint density at radius 1 is 1.33 bits per heavy atom. The highest BCUT2D eigenvalue weighted by Crippen LogP contribution is 2.36. The minimum Gasteiger partial charge on any atom is -0.299 e. The number of Topliss-reactive ketones (excluding diaryl/α,β-unsaturated/α-hetero) is 1. The van der Waals surface area contributed by atoms with E-state index in [1.807, 2.05) is 0 Å². The van der Waals surface area contributed by atoms with E-state index in [0.29, 0.717) is 10.0 Å². The van der Waals surface area contributed by atoms with Crippen LogP contribution in [-0.4, -0.2) is 10.6 Å². The summed E-state index contributed by atoms with van der Waals surface area (Å²) in [6.07, 6.45) is -4.38. The maximum absolute atomic E-state index is 12.6. The van der Waals surface area contributed by atoms with E-state index in [1.54, 1.807) is 6.92 Å². The van der Waals surface area contributed by atoms with Crippen molar-refractivity contribution >= 4 is 37.6 Å². The molecule has 1 rings (SSSR count). The van der Waals surface area contributed by atoms with Crippen molar-refractivity contribution in [2.75, 3.05) is 0 Å². The molecule has 0 aliphatic carbocycles. The molecule has 0 N–H and O–H groups in total. The molecule has 100 valence electrons. The first-order valence-corrected chi connectivity index (χ1v) is 6.86. The van der Waals surface area contributed by atoms with E-state index in [-0.39, 0.29) is 11.7 Å². The van der Waals surface area contributed by atoms with E-state index < -0.39 is 16.6 Å². The maximum atomic E-state index is 12.6. The lowest BCUT2D eigenvalue weighted by atomic mass is 9.94. The lowest BCUT2D eigenvalue weighted by molar-refractivity contribution is -0.137. The van der Waals surface area contributed by atoms with Crippen LogP contribution in [0.5, 0.6) is 0 Å². The van der Waals surface area contributed by atoms with Crippen molar-refractivity contribution in [2.24, 2.45) is 0 Å².